The van der Waals surface area contributed by atoms with Gasteiger partial charge in [0.2, 0.25) is 11.8 Å². The number of nitrogens with zero attached hydrogens (tertiary/aromatic N) is 4. The van der Waals surface area contributed by atoms with Crippen molar-refractivity contribution in [1.82, 2.24) is 20.0 Å². The summed E-state index contributed by atoms with van der Waals surface area (Å²) in [7, 11) is 3.43. The molecule has 2 heterocycles. The van der Waals surface area contributed by atoms with Gasteiger partial charge in [-0.15, -0.1) is 0 Å². The van der Waals surface area contributed by atoms with Crippen molar-refractivity contribution in [2.24, 2.45) is 0 Å². The minimum absolute atomic E-state index is 0.0706. The van der Waals surface area contributed by atoms with Crippen molar-refractivity contribution in [2.45, 2.75) is 90.4 Å². The SMILES string of the molecule is COC[C@@H]1CCCN1N(C(C)=O)[C@H](C)CC[C@@H](C)N(C(C)=O)N1CCC[C@H]1COC. The number of carbonyl (C=O) groups is 2. The van der Waals surface area contributed by atoms with Crippen molar-refractivity contribution in [1.29, 1.82) is 0 Å². The molecule has 0 unspecified atom stereocenters. The maximum Gasteiger partial charge on any atom is 0.234 e. The van der Waals surface area contributed by atoms with Crippen LogP contribution in [0.2, 0.25) is 0 Å². The van der Waals surface area contributed by atoms with Crippen LogP contribution in [-0.2, 0) is 19.1 Å². The highest BCUT2D eigenvalue weighted by Crippen LogP contribution is 2.26. The van der Waals surface area contributed by atoms with Crippen molar-refractivity contribution in [3.63, 3.8) is 0 Å². The molecule has 8 nitrogen and oxygen atoms in total. The van der Waals surface area contributed by atoms with E-state index in [4.69, 9.17) is 9.47 Å². The van der Waals surface area contributed by atoms with E-state index in [0.717, 1.165) is 51.6 Å². The fourth-order valence-electron chi connectivity index (χ4n) is 5.15. The van der Waals surface area contributed by atoms with Gasteiger partial charge in [0, 0.05) is 53.2 Å². The molecule has 2 aliphatic heterocycles. The second-order valence-electron chi connectivity index (χ2n) is 8.83. The summed E-state index contributed by atoms with van der Waals surface area (Å²) in [4.78, 5) is 25.0. The van der Waals surface area contributed by atoms with Gasteiger partial charge in [-0.3, -0.25) is 19.6 Å². The van der Waals surface area contributed by atoms with Gasteiger partial charge in [0.05, 0.1) is 25.3 Å². The average molecular weight is 427 g/mol. The monoisotopic (exact) mass is 426 g/mol. The lowest BCUT2D eigenvalue weighted by molar-refractivity contribution is -0.161. The van der Waals surface area contributed by atoms with Gasteiger partial charge in [-0.1, -0.05) is 0 Å². The van der Waals surface area contributed by atoms with E-state index >= 15 is 0 Å². The van der Waals surface area contributed by atoms with E-state index in [1.54, 1.807) is 28.1 Å². The molecule has 2 amide bonds. The van der Waals surface area contributed by atoms with Crippen molar-refractivity contribution >= 4 is 11.8 Å². The maximum atomic E-state index is 12.5. The summed E-state index contributed by atoms with van der Waals surface area (Å²) in [5.74, 6) is 0.141. The van der Waals surface area contributed by atoms with Gasteiger partial charge in [-0.25, -0.2) is 10.0 Å². The van der Waals surface area contributed by atoms with Crippen molar-refractivity contribution < 1.29 is 19.1 Å². The Morgan fingerprint density at radius 2 is 1.20 bits per heavy atom. The second kappa shape index (κ2) is 12.0. The Kier molecular flexibility index (Phi) is 10.0. The average Bonchev–Trinajstić information content (AvgIpc) is 3.31. The lowest BCUT2D eigenvalue weighted by Crippen LogP contribution is -2.55. The quantitative estimate of drug-likeness (QED) is 0.505. The van der Waals surface area contributed by atoms with Crippen molar-refractivity contribution in [3.8, 4) is 0 Å². The van der Waals surface area contributed by atoms with Crippen molar-refractivity contribution in [3.05, 3.63) is 0 Å². The van der Waals surface area contributed by atoms with E-state index in [9.17, 15) is 9.59 Å². The fourth-order valence-corrected chi connectivity index (χ4v) is 5.15. The summed E-state index contributed by atoms with van der Waals surface area (Å²) in [6, 6.07) is 0.660. The van der Waals surface area contributed by atoms with Crippen LogP contribution >= 0.6 is 0 Å². The zero-order chi connectivity index (χ0) is 22.3. The number of ether oxygens (including phenoxy) is 2. The lowest BCUT2D eigenvalue weighted by Gasteiger charge is -2.42. The zero-order valence-electron chi connectivity index (χ0n) is 19.8. The summed E-state index contributed by atoms with van der Waals surface area (Å²) >= 11 is 0. The Bertz CT molecular complexity index is 513. The molecule has 2 rings (SSSR count). The Hall–Kier alpha value is -1.22. The Morgan fingerprint density at radius 3 is 1.50 bits per heavy atom. The molecular weight excluding hydrogens is 384 g/mol. The van der Waals surface area contributed by atoms with E-state index in [1.165, 1.54) is 0 Å². The zero-order valence-corrected chi connectivity index (χ0v) is 19.8. The van der Waals surface area contributed by atoms with Crippen LogP contribution in [0.25, 0.3) is 0 Å². The van der Waals surface area contributed by atoms with Crippen LogP contribution in [0.4, 0.5) is 0 Å². The smallest absolute Gasteiger partial charge is 0.234 e. The molecule has 0 aromatic rings. The van der Waals surface area contributed by atoms with Gasteiger partial charge in [-0.05, 0) is 52.4 Å². The van der Waals surface area contributed by atoms with Crippen LogP contribution in [0, 0.1) is 0 Å². The minimum Gasteiger partial charge on any atom is -0.383 e. The van der Waals surface area contributed by atoms with E-state index in [2.05, 4.69) is 23.9 Å². The first-order valence-electron chi connectivity index (χ1n) is 11.4. The molecular formula is C22H42N4O4. The van der Waals surface area contributed by atoms with Gasteiger partial charge in [0.15, 0.2) is 0 Å². The number of hydrogen-bond acceptors (Lipinski definition) is 6. The standard InChI is InChI=1S/C22H42N4O4/c1-17(25(19(3)27)23-13-7-9-21(23)15-29-5)11-12-18(2)26(20(4)28)24-14-8-10-22(24)16-30-6/h17-18,21-22H,7-16H2,1-6H3/t17-,18-,21+,22+/m1/s1. The third-order valence-electron chi connectivity index (χ3n) is 6.45. The van der Waals surface area contributed by atoms with Crippen LogP contribution in [0.15, 0.2) is 0 Å². The molecule has 174 valence electrons. The number of carbonyl (C=O) groups excluding carboxylic acids is 2. The molecule has 30 heavy (non-hydrogen) atoms. The van der Waals surface area contributed by atoms with E-state index in [1.807, 2.05) is 10.0 Å². The number of methoxy groups -OCH3 is 2. The van der Waals surface area contributed by atoms with Crippen LogP contribution in [0.5, 0.6) is 0 Å². The number of hydrogen-bond donors (Lipinski definition) is 0. The van der Waals surface area contributed by atoms with E-state index in [0.29, 0.717) is 13.2 Å². The predicted molar refractivity (Wildman–Crippen MR) is 116 cm³/mol. The van der Waals surface area contributed by atoms with E-state index in [-0.39, 0.29) is 36.0 Å². The van der Waals surface area contributed by atoms with Crippen LogP contribution < -0.4 is 0 Å². The third-order valence-corrected chi connectivity index (χ3v) is 6.45. The topological polar surface area (TPSA) is 65.6 Å². The van der Waals surface area contributed by atoms with Gasteiger partial charge >= 0.3 is 0 Å². The van der Waals surface area contributed by atoms with Gasteiger partial charge in [0.1, 0.15) is 0 Å². The Morgan fingerprint density at radius 1 is 0.833 bits per heavy atom. The third kappa shape index (κ3) is 6.15. The Labute approximate surface area is 182 Å². The molecule has 2 fully saturated rings. The number of hydrazine groups is 2. The maximum absolute atomic E-state index is 12.5. The highest BCUT2D eigenvalue weighted by molar-refractivity contribution is 5.73. The minimum atomic E-state index is 0.0706. The first kappa shape index (κ1) is 25.0. The molecule has 0 saturated carbocycles. The molecule has 2 saturated heterocycles. The first-order valence-corrected chi connectivity index (χ1v) is 11.4. The first-order chi connectivity index (χ1) is 14.3. The molecule has 0 aliphatic carbocycles. The Balaban J connectivity index is 2.01. The summed E-state index contributed by atoms with van der Waals surface area (Å²) in [5, 5.41) is 8.23. The molecule has 0 spiro atoms. The highest BCUT2D eigenvalue weighted by Gasteiger charge is 2.36. The van der Waals surface area contributed by atoms with Crippen LogP contribution in [0.1, 0.15) is 66.2 Å². The largest absolute Gasteiger partial charge is 0.383 e. The fraction of sp³-hybridized carbons (Fsp3) is 0.909. The predicted octanol–water partition coefficient (Wildman–Crippen LogP) is 2.29. The summed E-state index contributed by atoms with van der Waals surface area (Å²) in [6.07, 6.45) is 5.93. The molecule has 2 aliphatic rings. The van der Waals surface area contributed by atoms with Gasteiger partial charge in [-0.2, -0.15) is 0 Å². The van der Waals surface area contributed by atoms with Gasteiger partial charge in [0.25, 0.3) is 0 Å². The normalized spacial score (nSPS) is 24.7. The van der Waals surface area contributed by atoms with Gasteiger partial charge < -0.3 is 9.47 Å². The molecule has 0 aromatic carbocycles. The molecule has 8 heteroatoms. The molecule has 0 radical (unpaired) electrons. The second-order valence-corrected chi connectivity index (χ2v) is 8.83. The summed E-state index contributed by atoms with van der Waals surface area (Å²) in [6.45, 7) is 10.6. The highest BCUT2D eigenvalue weighted by atomic mass is 16.5. The van der Waals surface area contributed by atoms with E-state index < -0.39 is 0 Å². The summed E-state index contributed by atoms with van der Waals surface area (Å²) in [5.41, 5.74) is 0. The summed E-state index contributed by atoms with van der Waals surface area (Å²) < 4.78 is 10.7. The van der Waals surface area contributed by atoms with Crippen molar-refractivity contribution in [2.75, 3.05) is 40.5 Å². The number of rotatable bonds is 11. The molecule has 0 bridgehead atoms. The molecule has 0 N–H and O–H groups in total. The van der Waals surface area contributed by atoms with Crippen LogP contribution in [-0.4, -0.2) is 96.5 Å². The number of amides is 2. The van der Waals surface area contributed by atoms with Crippen LogP contribution in [0.3, 0.4) is 0 Å². The molecule has 0 aromatic heterocycles. The molecule has 4 atom stereocenters. The lowest BCUT2D eigenvalue weighted by atomic mass is 10.1.